The quantitative estimate of drug-likeness (QED) is 0.507. The van der Waals surface area contributed by atoms with Crippen molar-refractivity contribution in [3.63, 3.8) is 0 Å². The van der Waals surface area contributed by atoms with Crippen molar-refractivity contribution in [2.75, 3.05) is 5.48 Å². The molecule has 0 heterocycles. The minimum absolute atomic E-state index is 0.194. The minimum atomic E-state index is -1.47. The van der Waals surface area contributed by atoms with Gasteiger partial charge in [-0.2, -0.15) is 4.40 Å². The first-order valence-corrected chi connectivity index (χ1v) is 6.70. The van der Waals surface area contributed by atoms with Gasteiger partial charge < -0.3 is 0 Å². The highest BCUT2D eigenvalue weighted by Gasteiger charge is 2.20. The Balaban J connectivity index is 3.11. The molecule has 0 saturated heterocycles. The number of hydrogen-bond acceptors (Lipinski definition) is 4. The van der Waals surface area contributed by atoms with Crippen molar-refractivity contribution in [3.8, 4) is 0 Å². The lowest BCUT2D eigenvalue weighted by molar-refractivity contribution is -0.215. The highest BCUT2D eigenvalue weighted by atomic mass is 32.2. The Hall–Kier alpha value is -1.31. The molecule has 1 aromatic rings. The SMILES string of the molecule is C/C(=N\S(=O)C(C)(C)C)c1cc(NOO)ccc1F. The fraction of sp³-hybridized carbons (Fsp3) is 0.417. The van der Waals surface area contributed by atoms with Crippen LogP contribution in [0.15, 0.2) is 22.6 Å². The van der Waals surface area contributed by atoms with Crippen LogP contribution in [0.1, 0.15) is 33.3 Å². The summed E-state index contributed by atoms with van der Waals surface area (Å²) in [5.74, 6) is -0.490. The first-order valence-electron chi connectivity index (χ1n) is 5.59. The Morgan fingerprint density at radius 2 is 2.11 bits per heavy atom. The second-order valence-electron chi connectivity index (χ2n) is 4.93. The van der Waals surface area contributed by atoms with Crippen LogP contribution >= 0.6 is 0 Å². The first kappa shape index (κ1) is 15.7. The predicted octanol–water partition coefficient (Wildman–Crippen LogP) is 2.91. The lowest BCUT2D eigenvalue weighted by Gasteiger charge is -2.14. The van der Waals surface area contributed by atoms with Crippen LogP contribution in [0.4, 0.5) is 10.1 Å². The van der Waals surface area contributed by atoms with E-state index in [-0.39, 0.29) is 5.56 Å². The van der Waals surface area contributed by atoms with E-state index in [1.807, 2.05) is 0 Å². The summed E-state index contributed by atoms with van der Waals surface area (Å²) < 4.78 is 29.1. The summed E-state index contributed by atoms with van der Waals surface area (Å²) in [5, 5.41) is 8.29. The molecule has 0 aliphatic carbocycles. The zero-order valence-electron chi connectivity index (χ0n) is 11.2. The minimum Gasteiger partial charge on any atom is -0.235 e. The zero-order chi connectivity index (χ0) is 14.6. The van der Waals surface area contributed by atoms with Crippen molar-refractivity contribution in [2.45, 2.75) is 32.4 Å². The molecule has 0 saturated carbocycles. The average Bonchev–Trinajstić information content (AvgIpc) is 2.30. The zero-order valence-corrected chi connectivity index (χ0v) is 12.0. The van der Waals surface area contributed by atoms with E-state index in [0.717, 1.165) is 0 Å². The van der Waals surface area contributed by atoms with Gasteiger partial charge in [-0.05, 0) is 45.9 Å². The Bertz CT molecular complexity index is 512. The first-order chi connectivity index (χ1) is 8.75. The van der Waals surface area contributed by atoms with Crippen LogP contribution in [-0.4, -0.2) is 19.9 Å². The number of nitrogens with one attached hydrogen (secondary N) is 1. The Labute approximate surface area is 114 Å². The molecule has 0 aromatic heterocycles. The predicted molar refractivity (Wildman–Crippen MR) is 73.8 cm³/mol. The molecular formula is C12H17FN2O3S. The number of hydrogen-bond donors (Lipinski definition) is 2. The largest absolute Gasteiger partial charge is 0.235 e. The monoisotopic (exact) mass is 288 g/mol. The molecule has 0 aliphatic heterocycles. The summed E-state index contributed by atoms with van der Waals surface area (Å²) in [4.78, 5) is 3.77. The van der Waals surface area contributed by atoms with Crippen molar-refractivity contribution in [2.24, 2.45) is 4.40 Å². The van der Waals surface area contributed by atoms with E-state index in [0.29, 0.717) is 11.4 Å². The van der Waals surface area contributed by atoms with Crippen molar-refractivity contribution in [1.29, 1.82) is 0 Å². The van der Waals surface area contributed by atoms with Gasteiger partial charge >= 0.3 is 0 Å². The topological polar surface area (TPSA) is 70.9 Å². The normalized spacial score (nSPS) is 14.3. The van der Waals surface area contributed by atoms with Crippen LogP contribution < -0.4 is 5.48 Å². The standard InChI is InChI=1S/C12H17FN2O3S/c1-8(15-19(17)12(2,3)4)10-7-9(14-18-16)5-6-11(10)13/h5-7,14,16H,1-4H3/b15-8+. The van der Waals surface area contributed by atoms with Gasteiger partial charge in [0.25, 0.3) is 0 Å². The molecule has 0 fully saturated rings. The molecule has 1 rings (SSSR count). The van der Waals surface area contributed by atoms with E-state index in [1.165, 1.54) is 18.2 Å². The van der Waals surface area contributed by atoms with E-state index in [9.17, 15) is 8.60 Å². The van der Waals surface area contributed by atoms with Crippen molar-refractivity contribution in [1.82, 2.24) is 0 Å². The number of nitrogens with zero attached hydrogens (tertiary/aromatic N) is 1. The molecule has 1 aromatic carbocycles. The Kier molecular flexibility index (Phi) is 5.16. The Morgan fingerprint density at radius 1 is 1.47 bits per heavy atom. The van der Waals surface area contributed by atoms with Gasteiger partial charge in [-0.15, -0.1) is 4.99 Å². The molecule has 5 nitrogen and oxygen atoms in total. The number of halogens is 1. The summed E-state index contributed by atoms with van der Waals surface area (Å²) in [6.07, 6.45) is 0. The van der Waals surface area contributed by atoms with E-state index in [1.54, 1.807) is 27.7 Å². The third-order valence-electron chi connectivity index (χ3n) is 2.26. The summed E-state index contributed by atoms with van der Waals surface area (Å²) in [6, 6.07) is 4.00. The van der Waals surface area contributed by atoms with Crippen LogP contribution in [0.2, 0.25) is 0 Å². The molecule has 106 valence electrons. The van der Waals surface area contributed by atoms with Crippen LogP contribution in [0.25, 0.3) is 0 Å². The van der Waals surface area contributed by atoms with Gasteiger partial charge in [0.15, 0.2) is 0 Å². The van der Waals surface area contributed by atoms with Gasteiger partial charge in [0.2, 0.25) is 0 Å². The van der Waals surface area contributed by atoms with E-state index >= 15 is 0 Å². The molecule has 1 unspecified atom stereocenters. The second-order valence-corrected chi connectivity index (χ2v) is 6.83. The van der Waals surface area contributed by atoms with Gasteiger partial charge in [0.1, 0.15) is 16.8 Å². The lowest BCUT2D eigenvalue weighted by atomic mass is 10.1. The van der Waals surface area contributed by atoms with Crippen molar-refractivity contribution >= 4 is 22.4 Å². The summed E-state index contributed by atoms with van der Waals surface area (Å²) in [7, 11) is -1.47. The van der Waals surface area contributed by atoms with Crippen molar-refractivity contribution < 1.29 is 18.8 Å². The molecular weight excluding hydrogens is 271 g/mol. The molecule has 0 bridgehead atoms. The molecule has 19 heavy (non-hydrogen) atoms. The summed E-state index contributed by atoms with van der Waals surface area (Å²) in [6.45, 7) is 6.93. The number of benzene rings is 1. The van der Waals surface area contributed by atoms with Gasteiger partial charge in [0, 0.05) is 5.56 Å². The van der Waals surface area contributed by atoms with E-state index in [2.05, 4.69) is 14.9 Å². The second kappa shape index (κ2) is 6.23. The fourth-order valence-corrected chi connectivity index (χ4v) is 1.85. The molecule has 0 amide bonds. The van der Waals surface area contributed by atoms with Crippen LogP contribution in [0.3, 0.4) is 0 Å². The maximum atomic E-state index is 13.7. The van der Waals surface area contributed by atoms with Crippen LogP contribution in [0.5, 0.6) is 0 Å². The Morgan fingerprint density at radius 3 is 2.63 bits per heavy atom. The smallest absolute Gasteiger partial charge is 0.145 e. The molecule has 2 N–H and O–H groups in total. The molecule has 1 atom stereocenters. The third kappa shape index (κ3) is 4.38. The molecule has 0 spiro atoms. The summed E-state index contributed by atoms with van der Waals surface area (Å²) >= 11 is 0. The summed E-state index contributed by atoms with van der Waals surface area (Å²) in [5.41, 5.74) is 3.03. The van der Waals surface area contributed by atoms with Crippen molar-refractivity contribution in [3.05, 3.63) is 29.6 Å². The molecule has 0 radical (unpaired) electrons. The van der Waals surface area contributed by atoms with Crippen LogP contribution in [-0.2, 0) is 16.0 Å². The fourth-order valence-electron chi connectivity index (χ4n) is 1.23. The maximum absolute atomic E-state index is 13.7. The molecule has 0 aliphatic rings. The highest BCUT2D eigenvalue weighted by Crippen LogP contribution is 2.18. The lowest BCUT2D eigenvalue weighted by Crippen LogP contribution is -2.20. The van der Waals surface area contributed by atoms with Crippen LogP contribution in [0, 0.1) is 5.82 Å². The number of anilines is 1. The van der Waals surface area contributed by atoms with Gasteiger partial charge in [0.05, 0.1) is 16.1 Å². The average molecular weight is 288 g/mol. The maximum Gasteiger partial charge on any atom is 0.145 e. The number of rotatable bonds is 4. The van der Waals surface area contributed by atoms with E-state index in [4.69, 9.17) is 5.26 Å². The molecule has 7 heteroatoms. The van der Waals surface area contributed by atoms with Gasteiger partial charge in [-0.25, -0.2) is 19.3 Å². The highest BCUT2D eigenvalue weighted by molar-refractivity contribution is 7.85. The van der Waals surface area contributed by atoms with Gasteiger partial charge in [-0.3, -0.25) is 0 Å². The van der Waals surface area contributed by atoms with Gasteiger partial charge in [-0.1, -0.05) is 0 Å². The van der Waals surface area contributed by atoms with E-state index < -0.39 is 21.5 Å². The third-order valence-corrected chi connectivity index (χ3v) is 3.75.